The quantitative estimate of drug-likeness (QED) is 0.894. The third-order valence-corrected chi connectivity index (χ3v) is 5.19. The molecule has 1 aliphatic heterocycles. The first-order valence-electron chi connectivity index (χ1n) is 7.86. The molecule has 21 heavy (non-hydrogen) atoms. The maximum absolute atomic E-state index is 14.1. The Labute approximate surface area is 124 Å². The second-order valence-electron chi connectivity index (χ2n) is 6.64. The first-order valence-corrected chi connectivity index (χ1v) is 7.86. The van der Waals surface area contributed by atoms with E-state index in [4.69, 9.17) is 10.5 Å². The Morgan fingerprint density at radius 1 is 1.24 bits per heavy atom. The van der Waals surface area contributed by atoms with Crippen molar-refractivity contribution in [2.75, 3.05) is 6.61 Å². The van der Waals surface area contributed by atoms with Gasteiger partial charge in [-0.2, -0.15) is 0 Å². The molecule has 0 radical (unpaired) electrons. The normalized spacial score (nSPS) is 26.2. The highest BCUT2D eigenvalue weighted by atomic mass is 19.1. The van der Waals surface area contributed by atoms with Crippen LogP contribution in [0.25, 0.3) is 0 Å². The van der Waals surface area contributed by atoms with E-state index in [1.165, 1.54) is 12.8 Å². The molecule has 4 heteroatoms. The van der Waals surface area contributed by atoms with Crippen LogP contribution in [0.1, 0.15) is 55.7 Å². The van der Waals surface area contributed by atoms with E-state index >= 15 is 0 Å². The number of hydrogen-bond acceptors (Lipinski definition) is 2. The maximum atomic E-state index is 14.1. The zero-order valence-corrected chi connectivity index (χ0v) is 12.5. The van der Waals surface area contributed by atoms with Crippen LogP contribution in [0.15, 0.2) is 12.1 Å². The van der Waals surface area contributed by atoms with Crippen LogP contribution in [0.2, 0.25) is 0 Å². The van der Waals surface area contributed by atoms with Crippen molar-refractivity contribution in [1.29, 1.82) is 0 Å². The number of halogens is 2. The molecule has 3 rings (SSSR count). The Morgan fingerprint density at radius 3 is 2.67 bits per heavy atom. The molecule has 2 unspecified atom stereocenters. The molecule has 2 atom stereocenters. The van der Waals surface area contributed by atoms with Gasteiger partial charge in [0.1, 0.15) is 11.6 Å². The van der Waals surface area contributed by atoms with Crippen molar-refractivity contribution in [3.63, 3.8) is 0 Å². The summed E-state index contributed by atoms with van der Waals surface area (Å²) in [6.45, 7) is 2.34. The van der Waals surface area contributed by atoms with Crippen LogP contribution in [0.5, 0.6) is 0 Å². The molecule has 2 fully saturated rings. The Bertz CT molecular complexity index is 526. The van der Waals surface area contributed by atoms with Crippen LogP contribution >= 0.6 is 0 Å². The molecule has 1 aliphatic carbocycles. The Hall–Kier alpha value is -1.00. The van der Waals surface area contributed by atoms with Gasteiger partial charge in [-0.15, -0.1) is 0 Å². The lowest BCUT2D eigenvalue weighted by Crippen LogP contribution is -2.40. The number of ether oxygens (including phenoxy) is 1. The molecule has 1 spiro atoms. The summed E-state index contributed by atoms with van der Waals surface area (Å²) >= 11 is 0. The maximum Gasteiger partial charge on any atom is 0.130 e. The van der Waals surface area contributed by atoms with Gasteiger partial charge in [0.2, 0.25) is 0 Å². The minimum absolute atomic E-state index is 0.0356. The summed E-state index contributed by atoms with van der Waals surface area (Å²) in [6, 6.07) is 2.13. The average molecular weight is 295 g/mol. The molecule has 1 heterocycles. The molecule has 1 aromatic carbocycles. The van der Waals surface area contributed by atoms with Crippen LogP contribution in [0.4, 0.5) is 8.78 Å². The number of hydrogen-bond donors (Lipinski definition) is 1. The third-order valence-electron chi connectivity index (χ3n) is 5.19. The average Bonchev–Trinajstić information content (AvgIpc) is 2.90. The number of rotatable bonds is 2. The molecule has 116 valence electrons. The van der Waals surface area contributed by atoms with Crippen LogP contribution in [-0.4, -0.2) is 12.2 Å². The van der Waals surface area contributed by atoms with Gasteiger partial charge in [0.15, 0.2) is 0 Å². The fourth-order valence-electron chi connectivity index (χ4n) is 3.93. The van der Waals surface area contributed by atoms with Gasteiger partial charge in [0.05, 0.1) is 5.60 Å². The van der Waals surface area contributed by atoms with E-state index in [-0.39, 0.29) is 17.6 Å². The number of benzene rings is 1. The molecule has 1 aromatic rings. The van der Waals surface area contributed by atoms with Crippen LogP contribution in [0, 0.1) is 24.5 Å². The summed E-state index contributed by atoms with van der Waals surface area (Å²) in [5, 5.41) is 0. The minimum atomic E-state index is -0.530. The summed E-state index contributed by atoms with van der Waals surface area (Å²) in [4.78, 5) is 0. The molecular weight excluding hydrogens is 272 g/mol. The molecule has 1 saturated heterocycles. The van der Waals surface area contributed by atoms with E-state index in [2.05, 4.69) is 0 Å². The summed E-state index contributed by atoms with van der Waals surface area (Å²) in [5.41, 5.74) is 7.17. The van der Waals surface area contributed by atoms with Crippen LogP contribution in [-0.2, 0) is 4.74 Å². The molecule has 2 N–H and O–H groups in total. The number of nitrogens with two attached hydrogens (primary N) is 1. The fourth-order valence-corrected chi connectivity index (χ4v) is 3.93. The van der Waals surface area contributed by atoms with Crippen molar-refractivity contribution in [3.05, 3.63) is 34.9 Å². The Morgan fingerprint density at radius 2 is 1.95 bits per heavy atom. The lowest BCUT2D eigenvalue weighted by atomic mass is 9.78. The summed E-state index contributed by atoms with van der Waals surface area (Å²) in [6.07, 6.45) is 6.31. The predicted octanol–water partition coefficient (Wildman–Crippen LogP) is 4.01. The third kappa shape index (κ3) is 2.84. The molecule has 2 nitrogen and oxygen atoms in total. The van der Waals surface area contributed by atoms with E-state index in [9.17, 15) is 8.78 Å². The first-order chi connectivity index (χ1) is 10.0. The summed E-state index contributed by atoms with van der Waals surface area (Å²) < 4.78 is 33.5. The SMILES string of the molecule is Cc1cc(C(N)C2CCOC3(CCCC3)C2)c(F)cc1F. The highest BCUT2D eigenvalue weighted by Crippen LogP contribution is 2.45. The van der Waals surface area contributed by atoms with Gasteiger partial charge >= 0.3 is 0 Å². The largest absolute Gasteiger partial charge is 0.375 e. The van der Waals surface area contributed by atoms with Crippen molar-refractivity contribution < 1.29 is 13.5 Å². The molecular formula is C17H23F2NO. The van der Waals surface area contributed by atoms with Crippen molar-refractivity contribution in [1.82, 2.24) is 0 Å². The lowest BCUT2D eigenvalue weighted by Gasteiger charge is -2.40. The first kappa shape index (κ1) is 14.9. The molecule has 0 amide bonds. The number of aryl methyl sites for hydroxylation is 1. The van der Waals surface area contributed by atoms with Gasteiger partial charge in [-0.05, 0) is 50.2 Å². The van der Waals surface area contributed by atoms with Crippen molar-refractivity contribution >= 4 is 0 Å². The van der Waals surface area contributed by atoms with Gasteiger partial charge in [-0.25, -0.2) is 8.78 Å². The van der Waals surface area contributed by atoms with Crippen LogP contribution < -0.4 is 5.73 Å². The Balaban J connectivity index is 1.81. The second kappa shape index (κ2) is 5.65. The molecule has 2 aliphatic rings. The van der Waals surface area contributed by atoms with E-state index in [0.717, 1.165) is 31.7 Å². The standard InChI is InChI=1S/C17H23F2NO/c1-11-8-13(15(19)9-14(11)18)16(20)12-4-7-21-17(10-12)5-2-3-6-17/h8-9,12,16H,2-7,10,20H2,1H3. The molecule has 0 bridgehead atoms. The zero-order valence-electron chi connectivity index (χ0n) is 12.5. The van der Waals surface area contributed by atoms with E-state index < -0.39 is 11.6 Å². The monoisotopic (exact) mass is 295 g/mol. The molecule has 1 saturated carbocycles. The second-order valence-corrected chi connectivity index (χ2v) is 6.64. The minimum Gasteiger partial charge on any atom is -0.375 e. The Kier molecular flexibility index (Phi) is 4.02. The van der Waals surface area contributed by atoms with Gasteiger partial charge < -0.3 is 10.5 Å². The van der Waals surface area contributed by atoms with Crippen molar-refractivity contribution in [2.45, 2.75) is 57.1 Å². The van der Waals surface area contributed by atoms with Crippen molar-refractivity contribution in [2.24, 2.45) is 11.7 Å². The van der Waals surface area contributed by atoms with E-state index in [1.807, 2.05) is 0 Å². The topological polar surface area (TPSA) is 35.2 Å². The molecule has 0 aromatic heterocycles. The fraction of sp³-hybridized carbons (Fsp3) is 0.647. The van der Waals surface area contributed by atoms with Gasteiger partial charge in [0, 0.05) is 24.3 Å². The smallest absolute Gasteiger partial charge is 0.130 e. The summed E-state index contributed by atoms with van der Waals surface area (Å²) in [5.74, 6) is -0.837. The van der Waals surface area contributed by atoms with E-state index in [1.54, 1.807) is 13.0 Å². The van der Waals surface area contributed by atoms with Crippen molar-refractivity contribution in [3.8, 4) is 0 Å². The van der Waals surface area contributed by atoms with Gasteiger partial charge in [0.25, 0.3) is 0 Å². The highest BCUT2D eigenvalue weighted by Gasteiger charge is 2.41. The van der Waals surface area contributed by atoms with Gasteiger partial charge in [-0.3, -0.25) is 0 Å². The summed E-state index contributed by atoms with van der Waals surface area (Å²) in [7, 11) is 0. The predicted molar refractivity (Wildman–Crippen MR) is 77.9 cm³/mol. The highest BCUT2D eigenvalue weighted by molar-refractivity contribution is 5.28. The van der Waals surface area contributed by atoms with E-state index in [0.29, 0.717) is 17.7 Å². The zero-order chi connectivity index (χ0) is 15.0. The lowest BCUT2D eigenvalue weighted by molar-refractivity contribution is -0.0965. The van der Waals surface area contributed by atoms with Gasteiger partial charge in [-0.1, -0.05) is 12.8 Å². The van der Waals surface area contributed by atoms with Crippen LogP contribution in [0.3, 0.4) is 0 Å².